The molecule has 0 amide bonds. The van der Waals surface area contributed by atoms with E-state index >= 15 is 0 Å². The Morgan fingerprint density at radius 1 is 1.14 bits per heavy atom. The van der Waals surface area contributed by atoms with E-state index in [9.17, 15) is 14.4 Å². The lowest BCUT2D eigenvalue weighted by atomic mass is 9.89. The molecule has 0 aliphatic rings. The summed E-state index contributed by atoms with van der Waals surface area (Å²) in [5.41, 5.74) is -0.199. The van der Waals surface area contributed by atoms with Crippen LogP contribution in [0.3, 0.4) is 0 Å². The van der Waals surface area contributed by atoms with Crippen LogP contribution in [0.4, 0.5) is 0 Å². The topological polar surface area (TPSA) is 71.4 Å². The normalized spacial score (nSPS) is 10.2. The summed E-state index contributed by atoms with van der Waals surface area (Å²) < 4.78 is 0. The second-order valence-corrected chi connectivity index (χ2v) is 4.18. The Labute approximate surface area is 99.2 Å². The number of carbonyl (C=O) groups is 3. The standard InChI is InChI=1S/C9H14O4.Mg.2H/c1-9(2,3)5-6(10)4-7(11)8(12)13;;;/h4-5H2,1-3H3,(H,12,13);;;. The highest BCUT2D eigenvalue weighted by atomic mass is 24.3. The maximum Gasteiger partial charge on any atom is 0.372 e. The Morgan fingerprint density at radius 3 is 1.86 bits per heavy atom. The zero-order valence-corrected chi connectivity index (χ0v) is 8.09. The van der Waals surface area contributed by atoms with E-state index in [0.717, 1.165) is 0 Å². The maximum atomic E-state index is 11.1. The lowest BCUT2D eigenvalue weighted by molar-refractivity contribution is -0.150. The third kappa shape index (κ3) is 8.19. The van der Waals surface area contributed by atoms with Crippen LogP contribution in [0.25, 0.3) is 0 Å². The second kappa shape index (κ2) is 6.13. The molecule has 0 aliphatic heterocycles. The predicted octanol–water partition coefficient (Wildman–Crippen LogP) is 0.119. The zero-order chi connectivity index (χ0) is 10.6. The van der Waals surface area contributed by atoms with Gasteiger partial charge in [0.15, 0.2) is 0 Å². The van der Waals surface area contributed by atoms with Crippen molar-refractivity contribution in [2.75, 3.05) is 0 Å². The Bertz CT molecular complexity index is 240. The molecule has 1 N–H and O–H groups in total. The van der Waals surface area contributed by atoms with Crippen molar-refractivity contribution in [3.05, 3.63) is 0 Å². The van der Waals surface area contributed by atoms with Crippen LogP contribution < -0.4 is 0 Å². The van der Waals surface area contributed by atoms with E-state index < -0.39 is 18.2 Å². The molecule has 0 rings (SSSR count). The molecule has 0 bridgehead atoms. The quantitative estimate of drug-likeness (QED) is 0.408. The van der Waals surface area contributed by atoms with E-state index in [1.165, 1.54) is 0 Å². The molecular formula is C9H16MgO4. The summed E-state index contributed by atoms with van der Waals surface area (Å²) in [6, 6.07) is 0. The van der Waals surface area contributed by atoms with Crippen LogP contribution in [-0.2, 0) is 14.4 Å². The summed E-state index contributed by atoms with van der Waals surface area (Å²) in [4.78, 5) is 31.8. The Balaban J connectivity index is 0. The van der Waals surface area contributed by atoms with Gasteiger partial charge in [-0.1, -0.05) is 20.8 Å². The van der Waals surface area contributed by atoms with Gasteiger partial charge in [0, 0.05) is 6.42 Å². The van der Waals surface area contributed by atoms with Gasteiger partial charge < -0.3 is 5.11 Å². The van der Waals surface area contributed by atoms with Crippen LogP contribution in [0.2, 0.25) is 0 Å². The first kappa shape index (κ1) is 16.0. The number of rotatable bonds is 4. The molecule has 0 aromatic heterocycles. The van der Waals surface area contributed by atoms with Crippen LogP contribution in [0, 0.1) is 5.41 Å². The van der Waals surface area contributed by atoms with E-state index in [1.807, 2.05) is 20.8 Å². The number of hydrogen-bond donors (Lipinski definition) is 1. The van der Waals surface area contributed by atoms with Crippen molar-refractivity contribution >= 4 is 40.6 Å². The molecule has 5 heteroatoms. The van der Waals surface area contributed by atoms with Crippen LogP contribution >= 0.6 is 0 Å². The lowest BCUT2D eigenvalue weighted by Crippen LogP contribution is -2.20. The minimum absolute atomic E-state index is 0. The third-order valence-corrected chi connectivity index (χ3v) is 1.32. The van der Waals surface area contributed by atoms with Crippen LogP contribution in [0.5, 0.6) is 0 Å². The van der Waals surface area contributed by atoms with Crippen LogP contribution in [-0.4, -0.2) is 45.7 Å². The summed E-state index contributed by atoms with van der Waals surface area (Å²) in [6.45, 7) is 5.57. The van der Waals surface area contributed by atoms with E-state index in [1.54, 1.807) is 0 Å². The number of aliphatic carboxylic acids is 1. The van der Waals surface area contributed by atoms with E-state index in [4.69, 9.17) is 5.11 Å². The highest BCUT2D eigenvalue weighted by Gasteiger charge is 2.21. The van der Waals surface area contributed by atoms with Gasteiger partial charge in [0.2, 0.25) is 5.78 Å². The summed E-state index contributed by atoms with van der Waals surface area (Å²) in [5.74, 6) is -2.89. The molecule has 0 saturated carbocycles. The fraction of sp³-hybridized carbons (Fsp3) is 0.667. The number of carboxylic acids is 1. The summed E-state index contributed by atoms with van der Waals surface area (Å²) >= 11 is 0. The van der Waals surface area contributed by atoms with Crippen molar-refractivity contribution in [2.24, 2.45) is 5.41 Å². The van der Waals surface area contributed by atoms with Crippen LogP contribution in [0.1, 0.15) is 33.6 Å². The summed E-state index contributed by atoms with van der Waals surface area (Å²) in [6.07, 6.45) is -0.265. The predicted molar refractivity (Wildman–Crippen MR) is 54.9 cm³/mol. The minimum Gasteiger partial charge on any atom is -0.475 e. The number of carbonyl (C=O) groups excluding carboxylic acids is 2. The molecule has 0 aliphatic carbocycles. The highest BCUT2D eigenvalue weighted by molar-refractivity contribution is 6.36. The van der Waals surface area contributed by atoms with Crippen molar-refractivity contribution in [3.63, 3.8) is 0 Å². The molecule has 0 aromatic rings. The number of ketones is 2. The molecular weight excluding hydrogens is 196 g/mol. The van der Waals surface area contributed by atoms with E-state index in [0.29, 0.717) is 0 Å². The first-order chi connectivity index (χ1) is 5.72. The zero-order valence-electron chi connectivity index (χ0n) is 8.09. The maximum absolute atomic E-state index is 11.1. The monoisotopic (exact) mass is 212 g/mol. The fourth-order valence-corrected chi connectivity index (χ4v) is 0.909. The van der Waals surface area contributed by atoms with Crippen molar-refractivity contribution in [1.82, 2.24) is 0 Å². The molecule has 0 unspecified atom stereocenters. The summed E-state index contributed by atoms with van der Waals surface area (Å²) in [7, 11) is 0. The first-order valence-electron chi connectivity index (χ1n) is 4.00. The molecule has 0 radical (unpaired) electrons. The largest absolute Gasteiger partial charge is 0.475 e. The van der Waals surface area contributed by atoms with Gasteiger partial charge in [-0.2, -0.15) is 0 Å². The number of Topliss-reactive ketones (excluding diaryl/α,β-unsaturated/α-hetero) is 2. The molecule has 4 nitrogen and oxygen atoms in total. The highest BCUT2D eigenvalue weighted by Crippen LogP contribution is 2.19. The van der Waals surface area contributed by atoms with Crippen LogP contribution in [0.15, 0.2) is 0 Å². The van der Waals surface area contributed by atoms with Crippen molar-refractivity contribution in [2.45, 2.75) is 33.6 Å². The lowest BCUT2D eigenvalue weighted by Gasteiger charge is -2.15. The second-order valence-electron chi connectivity index (χ2n) is 4.18. The number of carboxylic acid groups (broad SMARTS) is 1. The van der Waals surface area contributed by atoms with Crippen molar-refractivity contribution < 1.29 is 19.5 Å². The van der Waals surface area contributed by atoms with Gasteiger partial charge in [0.25, 0.3) is 0 Å². The Morgan fingerprint density at radius 2 is 1.57 bits per heavy atom. The summed E-state index contributed by atoms with van der Waals surface area (Å²) in [5, 5.41) is 8.23. The Hall–Kier alpha value is -0.424. The average Bonchev–Trinajstić information content (AvgIpc) is 1.81. The van der Waals surface area contributed by atoms with Crippen molar-refractivity contribution in [3.8, 4) is 0 Å². The first-order valence-corrected chi connectivity index (χ1v) is 4.00. The van der Waals surface area contributed by atoms with Crippen molar-refractivity contribution in [1.29, 1.82) is 0 Å². The molecule has 0 atom stereocenters. The minimum atomic E-state index is -1.54. The molecule has 0 heterocycles. The third-order valence-electron chi connectivity index (χ3n) is 1.32. The van der Waals surface area contributed by atoms with Gasteiger partial charge in [-0.15, -0.1) is 0 Å². The molecule has 0 spiro atoms. The van der Waals surface area contributed by atoms with Gasteiger partial charge in [-0.05, 0) is 5.41 Å². The van der Waals surface area contributed by atoms with Gasteiger partial charge in [-0.25, -0.2) is 4.79 Å². The SMILES string of the molecule is CC(C)(C)CC(=O)CC(=O)C(=O)O.[MgH2]. The molecule has 78 valence electrons. The molecule has 14 heavy (non-hydrogen) atoms. The molecule has 0 fully saturated rings. The van der Waals surface area contributed by atoms with E-state index in [2.05, 4.69) is 0 Å². The average molecular weight is 213 g/mol. The molecule has 0 saturated heterocycles. The smallest absolute Gasteiger partial charge is 0.372 e. The number of hydrogen-bond acceptors (Lipinski definition) is 3. The van der Waals surface area contributed by atoms with Gasteiger partial charge >= 0.3 is 29.0 Å². The van der Waals surface area contributed by atoms with Gasteiger partial charge in [0.05, 0.1) is 6.42 Å². The van der Waals surface area contributed by atoms with Gasteiger partial charge in [-0.3, -0.25) is 9.59 Å². The van der Waals surface area contributed by atoms with E-state index in [-0.39, 0.29) is 40.7 Å². The Kier molecular flexibility index (Phi) is 7.02. The fourth-order valence-electron chi connectivity index (χ4n) is 0.909. The molecule has 0 aromatic carbocycles. The van der Waals surface area contributed by atoms with Gasteiger partial charge in [0.1, 0.15) is 5.78 Å².